The monoisotopic (exact) mass is 402 g/mol. The van der Waals surface area contributed by atoms with Crippen molar-refractivity contribution in [2.75, 3.05) is 13.2 Å². The van der Waals surface area contributed by atoms with Crippen molar-refractivity contribution in [3.05, 3.63) is 71.3 Å². The molecule has 152 valence electrons. The molecule has 1 saturated heterocycles. The molecule has 1 fully saturated rings. The van der Waals surface area contributed by atoms with Crippen LogP contribution < -0.4 is 11.1 Å². The zero-order valence-corrected chi connectivity index (χ0v) is 17.5. The summed E-state index contributed by atoms with van der Waals surface area (Å²) in [5.41, 5.74) is 9.71. The number of nitrogens with one attached hydrogen (secondary N) is 1. The molecule has 0 spiro atoms. The van der Waals surface area contributed by atoms with Gasteiger partial charge < -0.3 is 15.8 Å². The van der Waals surface area contributed by atoms with Gasteiger partial charge in [0.1, 0.15) is 0 Å². The molecule has 1 aliphatic heterocycles. The summed E-state index contributed by atoms with van der Waals surface area (Å²) in [4.78, 5) is 12.7. The van der Waals surface area contributed by atoms with Crippen molar-refractivity contribution in [3.8, 4) is 0 Å². The highest BCUT2D eigenvalue weighted by Crippen LogP contribution is 2.33. The van der Waals surface area contributed by atoms with E-state index in [4.69, 9.17) is 10.5 Å². The Kier molecular flexibility index (Phi) is 8.49. The lowest BCUT2D eigenvalue weighted by molar-refractivity contribution is -0.126. The van der Waals surface area contributed by atoms with Crippen LogP contribution in [0.3, 0.4) is 0 Å². The Morgan fingerprint density at radius 1 is 1.18 bits per heavy atom. The van der Waals surface area contributed by atoms with Crippen LogP contribution in [0.1, 0.15) is 48.6 Å². The van der Waals surface area contributed by atoms with Crippen LogP contribution in [0.2, 0.25) is 0 Å². The lowest BCUT2D eigenvalue weighted by Crippen LogP contribution is -2.40. The van der Waals surface area contributed by atoms with Gasteiger partial charge in [0.25, 0.3) is 0 Å². The number of hydrogen-bond donors (Lipinski definition) is 2. The molecule has 3 N–H and O–H groups in total. The molecular formula is C23H31ClN2O2. The summed E-state index contributed by atoms with van der Waals surface area (Å²) < 4.78 is 6.05. The van der Waals surface area contributed by atoms with E-state index < -0.39 is 0 Å². The first-order valence-electron chi connectivity index (χ1n) is 9.82. The number of hydrogen-bond acceptors (Lipinski definition) is 3. The average molecular weight is 403 g/mol. The molecule has 0 bridgehead atoms. The molecule has 1 heterocycles. The predicted octanol–water partition coefficient (Wildman–Crippen LogP) is 4.34. The molecular weight excluding hydrogens is 372 g/mol. The van der Waals surface area contributed by atoms with Crippen LogP contribution in [-0.2, 0) is 9.53 Å². The Balaban J connectivity index is 0.00000280. The standard InChI is InChI=1S/C23H30N2O2.ClH/c1-16-10-12-19(13-11-16)22-20(9-6-14-27-22)15-25-23(26)17(2)21(24)18-7-4-3-5-8-18;/h3-5,7-8,10-13,17,20-22H,6,9,14-15,24H2,1-2H3,(H,25,26);1H. The van der Waals surface area contributed by atoms with Gasteiger partial charge in [-0.15, -0.1) is 12.4 Å². The number of halogens is 1. The fourth-order valence-electron chi connectivity index (χ4n) is 3.70. The van der Waals surface area contributed by atoms with Gasteiger partial charge in [-0.05, 0) is 30.9 Å². The molecule has 0 radical (unpaired) electrons. The Bertz CT molecular complexity index is 736. The Morgan fingerprint density at radius 2 is 1.86 bits per heavy atom. The van der Waals surface area contributed by atoms with Gasteiger partial charge in [-0.1, -0.05) is 67.1 Å². The van der Waals surface area contributed by atoms with Crippen molar-refractivity contribution in [1.82, 2.24) is 5.32 Å². The Hall–Kier alpha value is -1.88. The molecule has 0 saturated carbocycles. The number of amides is 1. The molecule has 3 rings (SSSR count). The lowest BCUT2D eigenvalue weighted by Gasteiger charge is -2.33. The van der Waals surface area contributed by atoms with Crippen molar-refractivity contribution in [1.29, 1.82) is 0 Å². The van der Waals surface area contributed by atoms with E-state index in [1.54, 1.807) is 0 Å². The molecule has 4 atom stereocenters. The summed E-state index contributed by atoms with van der Waals surface area (Å²) in [5.74, 6) is -0.000118. The molecule has 2 aromatic carbocycles. The molecule has 4 unspecified atom stereocenters. The van der Waals surface area contributed by atoms with Crippen LogP contribution >= 0.6 is 12.4 Å². The van der Waals surface area contributed by atoms with Gasteiger partial charge >= 0.3 is 0 Å². The fraction of sp³-hybridized carbons (Fsp3) is 0.435. The second kappa shape index (κ2) is 10.6. The molecule has 5 heteroatoms. The van der Waals surface area contributed by atoms with Crippen molar-refractivity contribution in [2.45, 2.75) is 38.8 Å². The molecule has 1 aliphatic rings. The van der Waals surface area contributed by atoms with Gasteiger partial charge in [0.15, 0.2) is 0 Å². The molecule has 4 nitrogen and oxygen atoms in total. The lowest BCUT2D eigenvalue weighted by atomic mass is 9.88. The highest BCUT2D eigenvalue weighted by molar-refractivity contribution is 5.85. The molecule has 28 heavy (non-hydrogen) atoms. The fourth-order valence-corrected chi connectivity index (χ4v) is 3.70. The smallest absolute Gasteiger partial charge is 0.224 e. The van der Waals surface area contributed by atoms with E-state index in [-0.39, 0.29) is 42.3 Å². The number of nitrogens with two attached hydrogens (primary N) is 1. The van der Waals surface area contributed by atoms with Crippen LogP contribution in [0.4, 0.5) is 0 Å². The number of carbonyl (C=O) groups is 1. The predicted molar refractivity (Wildman–Crippen MR) is 115 cm³/mol. The Labute approximate surface area is 174 Å². The molecule has 2 aromatic rings. The van der Waals surface area contributed by atoms with Crippen LogP contribution in [0, 0.1) is 18.8 Å². The van der Waals surface area contributed by atoms with Crippen molar-refractivity contribution >= 4 is 18.3 Å². The maximum absolute atomic E-state index is 12.7. The van der Waals surface area contributed by atoms with Crippen LogP contribution in [0.5, 0.6) is 0 Å². The van der Waals surface area contributed by atoms with Crippen molar-refractivity contribution < 1.29 is 9.53 Å². The van der Waals surface area contributed by atoms with E-state index in [1.807, 2.05) is 37.3 Å². The maximum atomic E-state index is 12.7. The van der Waals surface area contributed by atoms with Gasteiger partial charge in [0, 0.05) is 25.1 Å². The zero-order valence-electron chi connectivity index (χ0n) is 16.6. The van der Waals surface area contributed by atoms with Crippen LogP contribution in [0.25, 0.3) is 0 Å². The normalized spacial score (nSPS) is 21.2. The highest BCUT2D eigenvalue weighted by atomic mass is 35.5. The minimum Gasteiger partial charge on any atom is -0.373 e. The Morgan fingerprint density at radius 3 is 2.54 bits per heavy atom. The van der Waals surface area contributed by atoms with E-state index in [9.17, 15) is 4.79 Å². The summed E-state index contributed by atoms with van der Waals surface area (Å²) in [6.45, 7) is 5.36. The molecule has 0 aliphatic carbocycles. The third-order valence-electron chi connectivity index (χ3n) is 5.53. The largest absolute Gasteiger partial charge is 0.373 e. The SMILES string of the molecule is Cc1ccc(C2OCCCC2CNC(=O)C(C)C(N)c2ccccc2)cc1.Cl. The summed E-state index contributed by atoms with van der Waals surface area (Å²) in [6, 6.07) is 18.0. The average Bonchev–Trinajstić information content (AvgIpc) is 2.72. The summed E-state index contributed by atoms with van der Waals surface area (Å²) in [7, 11) is 0. The number of aryl methyl sites for hydroxylation is 1. The van der Waals surface area contributed by atoms with E-state index in [0.29, 0.717) is 6.54 Å². The number of rotatable bonds is 6. The number of carbonyl (C=O) groups excluding carboxylic acids is 1. The van der Waals surface area contributed by atoms with Crippen molar-refractivity contribution in [2.24, 2.45) is 17.6 Å². The summed E-state index contributed by atoms with van der Waals surface area (Å²) >= 11 is 0. The van der Waals surface area contributed by atoms with Gasteiger partial charge in [-0.25, -0.2) is 0 Å². The second-order valence-electron chi connectivity index (χ2n) is 7.57. The van der Waals surface area contributed by atoms with E-state index in [2.05, 4.69) is 36.5 Å². The van der Waals surface area contributed by atoms with Gasteiger partial charge in [-0.2, -0.15) is 0 Å². The van der Waals surface area contributed by atoms with Gasteiger partial charge in [-0.3, -0.25) is 4.79 Å². The highest BCUT2D eigenvalue weighted by Gasteiger charge is 2.29. The third kappa shape index (κ3) is 5.57. The van der Waals surface area contributed by atoms with Gasteiger partial charge in [0.05, 0.1) is 12.0 Å². The second-order valence-corrected chi connectivity index (χ2v) is 7.57. The summed E-state index contributed by atoms with van der Waals surface area (Å²) in [5, 5.41) is 3.11. The third-order valence-corrected chi connectivity index (χ3v) is 5.53. The van der Waals surface area contributed by atoms with E-state index >= 15 is 0 Å². The van der Waals surface area contributed by atoms with Gasteiger partial charge in [0.2, 0.25) is 5.91 Å². The van der Waals surface area contributed by atoms with E-state index in [0.717, 1.165) is 25.0 Å². The minimum absolute atomic E-state index is 0. The van der Waals surface area contributed by atoms with Crippen LogP contribution in [0.15, 0.2) is 54.6 Å². The first kappa shape index (κ1) is 22.4. The minimum atomic E-state index is -0.304. The number of ether oxygens (including phenoxy) is 1. The zero-order chi connectivity index (χ0) is 19.2. The quantitative estimate of drug-likeness (QED) is 0.755. The van der Waals surface area contributed by atoms with Crippen molar-refractivity contribution in [3.63, 3.8) is 0 Å². The van der Waals surface area contributed by atoms with E-state index in [1.165, 1.54) is 11.1 Å². The first-order chi connectivity index (χ1) is 13.1. The molecule has 1 amide bonds. The topological polar surface area (TPSA) is 64.3 Å². The molecule has 0 aromatic heterocycles. The van der Waals surface area contributed by atoms with Crippen LogP contribution in [-0.4, -0.2) is 19.1 Å². The maximum Gasteiger partial charge on any atom is 0.224 e. The number of benzene rings is 2. The first-order valence-corrected chi connectivity index (χ1v) is 9.82. The summed E-state index contributed by atoms with van der Waals surface area (Å²) in [6.07, 6.45) is 2.12.